The van der Waals surface area contributed by atoms with Crippen molar-refractivity contribution < 1.29 is 9.59 Å². The molecule has 4 atom stereocenters. The van der Waals surface area contributed by atoms with Gasteiger partial charge in [0, 0.05) is 11.8 Å². The number of fused-ring (bicyclic) bond motifs is 1. The van der Waals surface area contributed by atoms with E-state index in [1.165, 1.54) is 4.90 Å². The van der Waals surface area contributed by atoms with E-state index < -0.39 is 0 Å². The van der Waals surface area contributed by atoms with Crippen molar-refractivity contribution in [2.45, 2.75) is 18.4 Å². The highest BCUT2D eigenvalue weighted by Gasteiger charge is 2.54. The lowest BCUT2D eigenvalue weighted by molar-refractivity contribution is -0.140. The van der Waals surface area contributed by atoms with Gasteiger partial charge in [-0.15, -0.1) is 0 Å². The summed E-state index contributed by atoms with van der Waals surface area (Å²) in [5.41, 5.74) is 3.13. The van der Waals surface area contributed by atoms with Gasteiger partial charge in [-0.3, -0.25) is 14.5 Å². The number of amides is 2. The molecule has 0 bridgehead atoms. The summed E-state index contributed by atoms with van der Waals surface area (Å²) in [6, 6.07) is 29.9. The van der Waals surface area contributed by atoms with Crippen molar-refractivity contribution in [2.24, 2.45) is 11.8 Å². The molecule has 2 amide bonds. The molecule has 3 heteroatoms. The van der Waals surface area contributed by atoms with Gasteiger partial charge in [-0.2, -0.15) is 0 Å². The fourth-order valence-electron chi connectivity index (χ4n) is 4.92. The van der Waals surface area contributed by atoms with Gasteiger partial charge >= 0.3 is 0 Å². The smallest absolute Gasteiger partial charge is 0.234 e. The predicted octanol–water partition coefficient (Wildman–Crippen LogP) is 4.93. The maximum atomic E-state index is 13.6. The number of allylic oxidation sites excluding steroid dienone is 2. The number of benzene rings is 3. The van der Waals surface area contributed by atoms with Crippen LogP contribution in [0.2, 0.25) is 0 Å². The highest BCUT2D eigenvalue weighted by molar-refractivity contribution is 6.06. The Bertz CT molecular complexity index is 1010. The lowest BCUT2D eigenvalue weighted by Gasteiger charge is -2.32. The van der Waals surface area contributed by atoms with Crippen LogP contribution in [0, 0.1) is 11.8 Å². The fraction of sp³-hybridized carbons (Fsp3) is 0.185. The summed E-state index contributed by atoms with van der Waals surface area (Å²) < 4.78 is 0. The van der Waals surface area contributed by atoms with Crippen LogP contribution in [0.5, 0.6) is 0 Å². The first kappa shape index (κ1) is 18.6. The molecule has 5 rings (SSSR count). The maximum absolute atomic E-state index is 13.6. The minimum absolute atomic E-state index is 0.0620. The average molecular weight is 393 g/mol. The monoisotopic (exact) mass is 393 g/mol. The lowest BCUT2D eigenvalue weighted by atomic mass is 9.68. The van der Waals surface area contributed by atoms with Crippen LogP contribution in [0.15, 0.2) is 103 Å². The van der Waals surface area contributed by atoms with Gasteiger partial charge in [0.2, 0.25) is 11.8 Å². The largest absolute Gasteiger partial charge is 0.278 e. The molecule has 1 saturated heterocycles. The van der Waals surface area contributed by atoms with Crippen LogP contribution in [0.1, 0.15) is 28.5 Å². The predicted molar refractivity (Wildman–Crippen MR) is 116 cm³/mol. The Morgan fingerprint density at radius 2 is 0.967 bits per heavy atom. The molecule has 2 aliphatic rings. The van der Waals surface area contributed by atoms with E-state index in [2.05, 4.69) is 12.2 Å². The Morgan fingerprint density at radius 3 is 1.40 bits per heavy atom. The van der Waals surface area contributed by atoms with Crippen molar-refractivity contribution in [3.8, 4) is 0 Å². The first-order valence-electron chi connectivity index (χ1n) is 10.4. The lowest BCUT2D eigenvalue weighted by Crippen LogP contribution is -2.31. The third-order valence-corrected chi connectivity index (χ3v) is 6.34. The number of rotatable bonds is 4. The van der Waals surface area contributed by atoms with Gasteiger partial charge in [0.1, 0.15) is 0 Å². The number of likely N-dealkylation sites (tertiary alicyclic amines) is 1. The van der Waals surface area contributed by atoms with Crippen LogP contribution in [-0.4, -0.2) is 16.7 Å². The molecule has 3 aromatic carbocycles. The van der Waals surface area contributed by atoms with Gasteiger partial charge in [0.25, 0.3) is 0 Å². The zero-order valence-corrected chi connectivity index (χ0v) is 16.6. The standard InChI is InChI=1S/C27H23NO2/c29-26-24-22(20-12-6-2-7-13-20)16-17-23(21-14-8-3-9-15-21)25(24)27(30)28(26)18-19-10-4-1-5-11-19/h1-17,22-25H,18H2/t22-,23+,24-,25-/m0/s1. The first-order chi connectivity index (χ1) is 14.7. The van der Waals surface area contributed by atoms with E-state index in [-0.39, 0.29) is 35.5 Å². The average Bonchev–Trinajstić information content (AvgIpc) is 3.06. The molecule has 0 N–H and O–H groups in total. The molecule has 0 aromatic heterocycles. The second-order valence-electron chi connectivity index (χ2n) is 8.06. The molecule has 1 aliphatic heterocycles. The van der Waals surface area contributed by atoms with Gasteiger partial charge < -0.3 is 0 Å². The van der Waals surface area contributed by atoms with Crippen LogP contribution < -0.4 is 0 Å². The summed E-state index contributed by atoms with van der Waals surface area (Å²) in [5.74, 6) is -1.06. The second kappa shape index (κ2) is 7.75. The third-order valence-electron chi connectivity index (χ3n) is 6.34. The van der Waals surface area contributed by atoms with Crippen LogP contribution in [0.4, 0.5) is 0 Å². The minimum Gasteiger partial charge on any atom is -0.278 e. The van der Waals surface area contributed by atoms with Crippen molar-refractivity contribution in [3.63, 3.8) is 0 Å². The first-order valence-corrected chi connectivity index (χ1v) is 10.4. The Morgan fingerprint density at radius 1 is 0.567 bits per heavy atom. The van der Waals surface area contributed by atoms with Crippen LogP contribution in [-0.2, 0) is 16.1 Å². The quantitative estimate of drug-likeness (QED) is 0.466. The molecular weight excluding hydrogens is 370 g/mol. The van der Waals surface area contributed by atoms with E-state index in [1.54, 1.807) is 0 Å². The molecule has 0 unspecified atom stereocenters. The van der Waals surface area contributed by atoms with Crippen molar-refractivity contribution in [1.82, 2.24) is 4.90 Å². The Kier molecular flexibility index (Phi) is 4.80. The molecule has 30 heavy (non-hydrogen) atoms. The summed E-state index contributed by atoms with van der Waals surface area (Å²) in [5, 5.41) is 0. The van der Waals surface area contributed by atoms with Gasteiger partial charge in [-0.25, -0.2) is 0 Å². The molecule has 3 aromatic rings. The van der Waals surface area contributed by atoms with Crippen molar-refractivity contribution in [2.75, 3.05) is 0 Å². The van der Waals surface area contributed by atoms with Gasteiger partial charge in [0.15, 0.2) is 0 Å². The highest BCUT2D eigenvalue weighted by atomic mass is 16.2. The van der Waals surface area contributed by atoms with E-state index in [1.807, 2.05) is 91.0 Å². The summed E-state index contributed by atoms with van der Waals surface area (Å²) in [4.78, 5) is 28.6. The Labute approximate surface area is 176 Å². The van der Waals surface area contributed by atoms with Gasteiger partial charge in [-0.1, -0.05) is 103 Å². The highest BCUT2D eigenvalue weighted by Crippen LogP contribution is 2.49. The third kappa shape index (κ3) is 3.17. The number of carbonyl (C=O) groups is 2. The molecule has 1 fully saturated rings. The topological polar surface area (TPSA) is 37.4 Å². The van der Waals surface area contributed by atoms with Crippen molar-refractivity contribution in [3.05, 3.63) is 120 Å². The molecule has 0 radical (unpaired) electrons. The van der Waals surface area contributed by atoms with E-state index in [9.17, 15) is 9.59 Å². The van der Waals surface area contributed by atoms with Crippen LogP contribution in [0.25, 0.3) is 0 Å². The van der Waals surface area contributed by atoms with E-state index >= 15 is 0 Å². The number of carbonyl (C=O) groups excluding carboxylic acids is 2. The molecular formula is C27H23NO2. The molecule has 1 heterocycles. The summed E-state index contributed by atoms with van der Waals surface area (Å²) in [7, 11) is 0. The minimum atomic E-state index is -0.376. The zero-order valence-electron chi connectivity index (χ0n) is 16.6. The van der Waals surface area contributed by atoms with E-state index in [0.29, 0.717) is 6.54 Å². The second-order valence-corrected chi connectivity index (χ2v) is 8.06. The van der Waals surface area contributed by atoms with E-state index in [4.69, 9.17) is 0 Å². The van der Waals surface area contributed by atoms with Crippen LogP contribution >= 0.6 is 0 Å². The summed E-state index contributed by atoms with van der Waals surface area (Å²) >= 11 is 0. The van der Waals surface area contributed by atoms with E-state index in [0.717, 1.165) is 16.7 Å². The maximum Gasteiger partial charge on any atom is 0.234 e. The fourth-order valence-corrected chi connectivity index (χ4v) is 4.92. The molecule has 1 aliphatic carbocycles. The molecule has 3 nitrogen and oxygen atoms in total. The van der Waals surface area contributed by atoms with Crippen LogP contribution in [0.3, 0.4) is 0 Å². The number of hydrogen-bond donors (Lipinski definition) is 0. The zero-order chi connectivity index (χ0) is 20.5. The number of nitrogens with zero attached hydrogens (tertiary/aromatic N) is 1. The molecule has 0 spiro atoms. The van der Waals surface area contributed by atoms with Crippen molar-refractivity contribution in [1.29, 1.82) is 0 Å². The van der Waals surface area contributed by atoms with Gasteiger partial charge in [-0.05, 0) is 16.7 Å². The van der Waals surface area contributed by atoms with Crippen molar-refractivity contribution >= 4 is 11.8 Å². The summed E-state index contributed by atoms with van der Waals surface area (Å²) in [6.45, 7) is 0.328. The normalized spacial score (nSPS) is 25.4. The Balaban J connectivity index is 1.57. The molecule has 0 saturated carbocycles. The SMILES string of the molecule is O=C1[C@@H]2[C@@H](C(=O)N1Cc1ccccc1)[C@H](c1ccccc1)C=C[C@@H]2c1ccccc1. The summed E-state index contributed by atoms with van der Waals surface area (Å²) in [6.07, 6.45) is 4.26. The number of imide groups is 1. The van der Waals surface area contributed by atoms with Gasteiger partial charge in [0.05, 0.1) is 18.4 Å². The molecule has 148 valence electrons. The number of hydrogen-bond acceptors (Lipinski definition) is 2. The Hall–Kier alpha value is -3.46.